The number of nitrogens with one attached hydrogen (secondary N) is 1. The quantitative estimate of drug-likeness (QED) is 0.805. The molecule has 0 aromatic carbocycles. The van der Waals surface area contributed by atoms with Crippen LogP contribution in [0.4, 0.5) is 0 Å². The number of carbonyl (C=O) groups excluding carboxylic acids is 1. The average Bonchev–Trinajstić information content (AvgIpc) is 2.91. The van der Waals surface area contributed by atoms with E-state index in [0.717, 1.165) is 32.6 Å². The summed E-state index contributed by atoms with van der Waals surface area (Å²) in [7, 11) is 0. The zero-order valence-electron chi connectivity index (χ0n) is 10.5. The van der Waals surface area contributed by atoms with Crippen LogP contribution >= 0.6 is 0 Å². The summed E-state index contributed by atoms with van der Waals surface area (Å²) >= 11 is 0. The summed E-state index contributed by atoms with van der Waals surface area (Å²) in [5.41, 5.74) is 0. The number of amides is 1. The highest BCUT2D eigenvalue weighted by Gasteiger charge is 2.13. The zero-order valence-corrected chi connectivity index (χ0v) is 10.5. The van der Waals surface area contributed by atoms with Gasteiger partial charge in [0.25, 0.3) is 0 Å². The van der Waals surface area contributed by atoms with Gasteiger partial charge in [-0.1, -0.05) is 0 Å². The standard InChI is InChI=1S/C12H20N4O2/c17-12(4-6-16-10-13-9-15-16)14-5-3-11-2-1-7-18-8-11/h9-11H,1-8H2,(H,14,17)/t11-/m0/s1. The molecule has 6 heteroatoms. The lowest BCUT2D eigenvalue weighted by Crippen LogP contribution is -2.28. The number of carbonyl (C=O) groups is 1. The van der Waals surface area contributed by atoms with Crippen molar-refractivity contribution in [2.75, 3.05) is 19.8 Å². The van der Waals surface area contributed by atoms with E-state index >= 15 is 0 Å². The van der Waals surface area contributed by atoms with Crippen molar-refractivity contribution in [2.45, 2.75) is 32.2 Å². The Morgan fingerprint density at radius 1 is 1.56 bits per heavy atom. The lowest BCUT2D eigenvalue weighted by Gasteiger charge is -2.21. The van der Waals surface area contributed by atoms with Crippen LogP contribution in [0.1, 0.15) is 25.7 Å². The van der Waals surface area contributed by atoms with Gasteiger partial charge in [0.2, 0.25) is 5.91 Å². The fourth-order valence-corrected chi connectivity index (χ4v) is 2.10. The Morgan fingerprint density at radius 2 is 2.50 bits per heavy atom. The fraction of sp³-hybridized carbons (Fsp3) is 0.750. The minimum absolute atomic E-state index is 0.0715. The Kier molecular flexibility index (Phi) is 5.14. The lowest BCUT2D eigenvalue weighted by molar-refractivity contribution is -0.121. The molecule has 0 saturated carbocycles. The van der Waals surface area contributed by atoms with Gasteiger partial charge in [-0.15, -0.1) is 0 Å². The fourth-order valence-electron chi connectivity index (χ4n) is 2.10. The molecule has 1 amide bonds. The Morgan fingerprint density at radius 3 is 3.22 bits per heavy atom. The van der Waals surface area contributed by atoms with Crippen LogP contribution in [0.5, 0.6) is 0 Å². The van der Waals surface area contributed by atoms with Gasteiger partial charge in [0, 0.05) is 26.2 Å². The van der Waals surface area contributed by atoms with E-state index in [4.69, 9.17) is 4.74 Å². The Labute approximate surface area is 107 Å². The number of hydrogen-bond donors (Lipinski definition) is 1. The second kappa shape index (κ2) is 7.10. The molecule has 2 rings (SSSR count). The number of hydrogen-bond acceptors (Lipinski definition) is 4. The average molecular weight is 252 g/mol. The van der Waals surface area contributed by atoms with Crippen molar-refractivity contribution in [1.82, 2.24) is 20.1 Å². The minimum atomic E-state index is 0.0715. The number of ether oxygens (including phenoxy) is 1. The van der Waals surface area contributed by atoms with Crippen LogP contribution in [0.3, 0.4) is 0 Å². The molecule has 6 nitrogen and oxygen atoms in total. The Bertz CT molecular complexity index is 347. The van der Waals surface area contributed by atoms with Gasteiger partial charge in [-0.3, -0.25) is 9.48 Å². The van der Waals surface area contributed by atoms with E-state index in [1.54, 1.807) is 11.0 Å². The molecule has 0 unspecified atom stereocenters. The van der Waals surface area contributed by atoms with Crippen molar-refractivity contribution in [2.24, 2.45) is 5.92 Å². The normalized spacial score (nSPS) is 19.7. The van der Waals surface area contributed by atoms with Gasteiger partial charge >= 0.3 is 0 Å². The highest BCUT2D eigenvalue weighted by molar-refractivity contribution is 5.75. The maximum absolute atomic E-state index is 11.6. The van der Waals surface area contributed by atoms with E-state index in [9.17, 15) is 4.79 Å². The van der Waals surface area contributed by atoms with Crippen LogP contribution in [0.15, 0.2) is 12.7 Å². The van der Waals surface area contributed by atoms with Crippen LogP contribution in [0.25, 0.3) is 0 Å². The summed E-state index contributed by atoms with van der Waals surface area (Å²) in [4.78, 5) is 15.4. The Hall–Kier alpha value is -1.43. The third-order valence-corrected chi connectivity index (χ3v) is 3.16. The zero-order chi connectivity index (χ0) is 12.6. The van der Waals surface area contributed by atoms with Gasteiger partial charge in [-0.05, 0) is 25.2 Å². The SMILES string of the molecule is O=C(CCn1cncn1)NCC[C@@H]1CCCOC1. The largest absolute Gasteiger partial charge is 0.381 e. The topological polar surface area (TPSA) is 69.0 Å². The van der Waals surface area contributed by atoms with E-state index in [0.29, 0.717) is 18.9 Å². The third-order valence-electron chi connectivity index (χ3n) is 3.16. The minimum Gasteiger partial charge on any atom is -0.381 e. The molecule has 1 atom stereocenters. The van der Waals surface area contributed by atoms with Crippen molar-refractivity contribution in [1.29, 1.82) is 0 Å². The predicted molar refractivity (Wildman–Crippen MR) is 65.8 cm³/mol. The molecule has 1 saturated heterocycles. The van der Waals surface area contributed by atoms with Crippen molar-refractivity contribution in [3.05, 3.63) is 12.7 Å². The van der Waals surface area contributed by atoms with Crippen molar-refractivity contribution in [3.8, 4) is 0 Å². The highest BCUT2D eigenvalue weighted by Crippen LogP contribution is 2.16. The van der Waals surface area contributed by atoms with Gasteiger partial charge in [-0.2, -0.15) is 5.10 Å². The maximum Gasteiger partial charge on any atom is 0.221 e. The molecule has 2 heterocycles. The van der Waals surface area contributed by atoms with E-state index in [1.807, 2.05) is 0 Å². The number of rotatable bonds is 6. The van der Waals surface area contributed by atoms with Crippen molar-refractivity contribution in [3.63, 3.8) is 0 Å². The lowest BCUT2D eigenvalue weighted by atomic mass is 9.99. The van der Waals surface area contributed by atoms with Crippen LogP contribution in [0, 0.1) is 5.92 Å². The molecule has 1 aromatic heterocycles. The molecule has 1 aliphatic heterocycles. The smallest absolute Gasteiger partial charge is 0.221 e. The van der Waals surface area contributed by atoms with E-state index in [1.165, 1.54) is 12.7 Å². The molecular weight excluding hydrogens is 232 g/mol. The third kappa shape index (κ3) is 4.44. The number of aromatic nitrogens is 3. The highest BCUT2D eigenvalue weighted by atomic mass is 16.5. The van der Waals surface area contributed by atoms with Crippen molar-refractivity contribution >= 4 is 5.91 Å². The molecular formula is C12H20N4O2. The molecule has 0 spiro atoms. The van der Waals surface area contributed by atoms with Crippen LogP contribution < -0.4 is 5.32 Å². The Balaban J connectivity index is 1.54. The number of nitrogens with zero attached hydrogens (tertiary/aromatic N) is 3. The maximum atomic E-state index is 11.6. The van der Waals surface area contributed by atoms with Crippen LogP contribution in [0.2, 0.25) is 0 Å². The first-order valence-corrected chi connectivity index (χ1v) is 6.51. The first-order valence-electron chi connectivity index (χ1n) is 6.51. The summed E-state index contributed by atoms with van der Waals surface area (Å²) in [6.45, 7) is 3.05. The summed E-state index contributed by atoms with van der Waals surface area (Å²) in [5, 5.41) is 6.89. The van der Waals surface area contributed by atoms with Gasteiger partial charge < -0.3 is 10.1 Å². The number of aryl methyl sites for hydroxylation is 1. The summed E-state index contributed by atoms with van der Waals surface area (Å²) in [5.74, 6) is 0.677. The second-order valence-electron chi connectivity index (χ2n) is 4.63. The molecule has 0 bridgehead atoms. The van der Waals surface area contributed by atoms with E-state index in [-0.39, 0.29) is 5.91 Å². The van der Waals surface area contributed by atoms with E-state index in [2.05, 4.69) is 15.4 Å². The predicted octanol–water partition coefficient (Wildman–Crippen LogP) is 0.601. The molecule has 1 aliphatic rings. The second-order valence-corrected chi connectivity index (χ2v) is 4.63. The van der Waals surface area contributed by atoms with Gasteiger partial charge in [0.15, 0.2) is 0 Å². The van der Waals surface area contributed by atoms with Gasteiger partial charge in [-0.25, -0.2) is 4.98 Å². The summed E-state index contributed by atoms with van der Waals surface area (Å²) < 4.78 is 7.07. The molecule has 18 heavy (non-hydrogen) atoms. The first-order chi connectivity index (χ1) is 8.84. The monoisotopic (exact) mass is 252 g/mol. The van der Waals surface area contributed by atoms with Gasteiger partial charge in [0.1, 0.15) is 12.7 Å². The summed E-state index contributed by atoms with van der Waals surface area (Å²) in [6.07, 6.45) is 6.91. The summed E-state index contributed by atoms with van der Waals surface area (Å²) in [6, 6.07) is 0. The molecule has 100 valence electrons. The van der Waals surface area contributed by atoms with Gasteiger partial charge in [0.05, 0.1) is 6.54 Å². The molecule has 1 N–H and O–H groups in total. The van der Waals surface area contributed by atoms with Crippen LogP contribution in [-0.4, -0.2) is 40.4 Å². The molecule has 0 radical (unpaired) electrons. The van der Waals surface area contributed by atoms with Crippen LogP contribution in [-0.2, 0) is 16.1 Å². The first kappa shape index (κ1) is 13.0. The molecule has 0 aliphatic carbocycles. The molecule has 1 fully saturated rings. The van der Waals surface area contributed by atoms with Crippen molar-refractivity contribution < 1.29 is 9.53 Å². The van der Waals surface area contributed by atoms with E-state index < -0.39 is 0 Å². The molecule has 1 aromatic rings.